The van der Waals surface area contributed by atoms with Gasteiger partial charge in [0.2, 0.25) is 0 Å². The average molecular weight is 293 g/mol. The lowest BCUT2D eigenvalue weighted by molar-refractivity contribution is 0.367. The minimum absolute atomic E-state index is 0.217. The van der Waals surface area contributed by atoms with E-state index < -0.39 is 0 Å². The van der Waals surface area contributed by atoms with Crippen molar-refractivity contribution in [2.24, 2.45) is 5.92 Å². The van der Waals surface area contributed by atoms with Gasteiger partial charge in [0, 0.05) is 0 Å². The molecule has 1 saturated carbocycles. The van der Waals surface area contributed by atoms with Gasteiger partial charge in [-0.25, -0.2) is 0 Å². The maximum absolute atomic E-state index is 6.92. The fraction of sp³-hybridized carbons (Fsp3) is 0.684. The molecule has 0 radical (unpaired) electrons. The highest BCUT2D eigenvalue weighted by Gasteiger charge is 2.23. The fourth-order valence-electron chi connectivity index (χ4n) is 3.48. The molecule has 20 heavy (non-hydrogen) atoms. The molecule has 0 aromatic heterocycles. The van der Waals surface area contributed by atoms with Crippen molar-refractivity contribution >= 4 is 11.6 Å². The molecule has 0 nitrogen and oxygen atoms in total. The monoisotopic (exact) mass is 292 g/mol. The highest BCUT2D eigenvalue weighted by molar-refractivity contribution is 6.21. The van der Waals surface area contributed by atoms with Gasteiger partial charge in [-0.15, -0.1) is 11.6 Å². The van der Waals surface area contributed by atoms with Crippen molar-refractivity contribution in [3.63, 3.8) is 0 Å². The summed E-state index contributed by atoms with van der Waals surface area (Å²) in [5.41, 5.74) is 4.29. The van der Waals surface area contributed by atoms with Gasteiger partial charge < -0.3 is 0 Å². The Morgan fingerprint density at radius 3 is 2.25 bits per heavy atom. The van der Waals surface area contributed by atoms with Crippen LogP contribution in [0.2, 0.25) is 0 Å². The summed E-state index contributed by atoms with van der Waals surface area (Å²) in [6.45, 7) is 4.47. The molecule has 1 fully saturated rings. The minimum atomic E-state index is 0.217. The van der Waals surface area contributed by atoms with Crippen molar-refractivity contribution in [2.45, 2.75) is 77.0 Å². The molecule has 0 spiro atoms. The Kier molecular flexibility index (Phi) is 6.42. The second kappa shape index (κ2) is 8.08. The van der Waals surface area contributed by atoms with Gasteiger partial charge in [-0.1, -0.05) is 64.2 Å². The van der Waals surface area contributed by atoms with Crippen LogP contribution in [0.15, 0.2) is 18.2 Å². The molecule has 0 amide bonds. The lowest BCUT2D eigenvalue weighted by Crippen LogP contribution is -2.12. The summed E-state index contributed by atoms with van der Waals surface area (Å²) >= 11 is 6.92. The van der Waals surface area contributed by atoms with Crippen LogP contribution in [-0.4, -0.2) is 0 Å². The van der Waals surface area contributed by atoms with Crippen LogP contribution >= 0.6 is 11.6 Å². The second-order valence-electron chi connectivity index (χ2n) is 6.25. The largest absolute Gasteiger partial charge is 0.118 e. The summed E-state index contributed by atoms with van der Waals surface area (Å²) < 4.78 is 0. The van der Waals surface area contributed by atoms with Crippen LogP contribution in [0.1, 0.15) is 80.9 Å². The van der Waals surface area contributed by atoms with Crippen LogP contribution in [0.25, 0.3) is 0 Å². The first kappa shape index (κ1) is 15.9. The third-order valence-corrected chi connectivity index (χ3v) is 5.45. The number of rotatable bonds is 4. The summed E-state index contributed by atoms with van der Waals surface area (Å²) in [4.78, 5) is 0. The van der Waals surface area contributed by atoms with Crippen LogP contribution in [0.5, 0.6) is 0 Å². The van der Waals surface area contributed by atoms with Gasteiger partial charge >= 0.3 is 0 Å². The topological polar surface area (TPSA) is 0 Å². The van der Waals surface area contributed by atoms with E-state index in [0.29, 0.717) is 5.92 Å². The number of halogens is 1. The molecule has 1 atom stereocenters. The lowest BCUT2D eigenvalue weighted by Gasteiger charge is -2.26. The molecular formula is C19H29Cl. The van der Waals surface area contributed by atoms with Crippen molar-refractivity contribution in [1.82, 2.24) is 0 Å². The van der Waals surface area contributed by atoms with Gasteiger partial charge in [0.05, 0.1) is 5.38 Å². The summed E-state index contributed by atoms with van der Waals surface area (Å²) in [6.07, 6.45) is 11.8. The lowest BCUT2D eigenvalue weighted by atomic mass is 9.84. The van der Waals surface area contributed by atoms with E-state index in [9.17, 15) is 0 Å². The SMILES string of the molecule is CCc1ccc(CC)c(C(Cl)C2CCCCCCC2)c1. The second-order valence-corrected chi connectivity index (χ2v) is 6.72. The number of hydrogen-bond donors (Lipinski definition) is 0. The predicted molar refractivity (Wildman–Crippen MR) is 89.6 cm³/mol. The zero-order chi connectivity index (χ0) is 14.4. The van der Waals surface area contributed by atoms with E-state index in [2.05, 4.69) is 32.0 Å². The van der Waals surface area contributed by atoms with Crippen LogP contribution in [0.4, 0.5) is 0 Å². The summed E-state index contributed by atoms with van der Waals surface area (Å²) in [5.74, 6) is 0.675. The van der Waals surface area contributed by atoms with E-state index in [-0.39, 0.29) is 5.38 Å². The zero-order valence-corrected chi connectivity index (χ0v) is 13.9. The Bertz CT molecular complexity index is 402. The van der Waals surface area contributed by atoms with E-state index in [0.717, 1.165) is 12.8 Å². The number of hydrogen-bond acceptors (Lipinski definition) is 0. The van der Waals surface area contributed by atoms with Crippen molar-refractivity contribution < 1.29 is 0 Å². The quantitative estimate of drug-likeness (QED) is 0.559. The first-order chi connectivity index (χ1) is 9.76. The van der Waals surface area contributed by atoms with Crippen LogP contribution < -0.4 is 0 Å². The van der Waals surface area contributed by atoms with Gasteiger partial charge in [-0.2, -0.15) is 0 Å². The Morgan fingerprint density at radius 1 is 1.00 bits per heavy atom. The van der Waals surface area contributed by atoms with Crippen molar-refractivity contribution in [3.05, 3.63) is 34.9 Å². The van der Waals surface area contributed by atoms with Gasteiger partial charge in [0.15, 0.2) is 0 Å². The average Bonchev–Trinajstić information content (AvgIpc) is 2.45. The summed E-state index contributed by atoms with van der Waals surface area (Å²) in [7, 11) is 0. The Morgan fingerprint density at radius 2 is 1.65 bits per heavy atom. The third kappa shape index (κ3) is 4.01. The standard InChI is InChI=1S/C19H29Cl/c1-3-15-12-13-16(4-2)18(14-15)19(20)17-10-8-6-5-7-9-11-17/h12-14,17,19H,3-11H2,1-2H3. The third-order valence-electron chi connectivity index (χ3n) is 4.86. The van der Waals surface area contributed by atoms with Crippen molar-refractivity contribution in [1.29, 1.82) is 0 Å². The van der Waals surface area contributed by atoms with E-state index >= 15 is 0 Å². The molecule has 0 heterocycles. The maximum Gasteiger partial charge on any atom is 0.0616 e. The number of alkyl halides is 1. The molecule has 0 N–H and O–H groups in total. The van der Waals surface area contributed by atoms with Crippen LogP contribution in [-0.2, 0) is 12.8 Å². The van der Waals surface area contributed by atoms with Gasteiger partial charge in [0.25, 0.3) is 0 Å². The van der Waals surface area contributed by atoms with Crippen LogP contribution in [0.3, 0.4) is 0 Å². The number of aryl methyl sites for hydroxylation is 2. The van der Waals surface area contributed by atoms with E-state index in [1.807, 2.05) is 0 Å². The Hall–Kier alpha value is -0.490. The predicted octanol–water partition coefficient (Wildman–Crippen LogP) is 6.45. The molecule has 0 aliphatic heterocycles. The molecular weight excluding hydrogens is 264 g/mol. The minimum Gasteiger partial charge on any atom is -0.118 e. The molecule has 1 unspecified atom stereocenters. The Labute approximate surface area is 129 Å². The molecule has 1 aliphatic carbocycles. The molecule has 0 saturated heterocycles. The molecule has 1 heteroatoms. The molecule has 2 rings (SSSR count). The molecule has 1 aliphatic rings. The molecule has 1 aromatic carbocycles. The Balaban J connectivity index is 2.18. The highest BCUT2D eigenvalue weighted by atomic mass is 35.5. The van der Waals surface area contributed by atoms with E-state index in [4.69, 9.17) is 11.6 Å². The summed E-state index contributed by atoms with van der Waals surface area (Å²) in [6, 6.07) is 6.94. The maximum atomic E-state index is 6.92. The fourth-order valence-corrected chi connectivity index (χ4v) is 3.93. The zero-order valence-electron chi connectivity index (χ0n) is 13.1. The van der Waals surface area contributed by atoms with Gasteiger partial charge in [-0.05, 0) is 48.3 Å². The van der Waals surface area contributed by atoms with E-state index in [1.54, 1.807) is 0 Å². The van der Waals surface area contributed by atoms with Gasteiger partial charge in [-0.3, -0.25) is 0 Å². The molecule has 112 valence electrons. The number of benzene rings is 1. The van der Waals surface area contributed by atoms with Crippen LogP contribution in [0, 0.1) is 5.92 Å². The first-order valence-corrected chi connectivity index (χ1v) is 8.95. The van der Waals surface area contributed by atoms with Crippen molar-refractivity contribution in [2.75, 3.05) is 0 Å². The smallest absolute Gasteiger partial charge is 0.0616 e. The summed E-state index contributed by atoms with van der Waals surface area (Å²) in [5, 5.41) is 0.217. The molecule has 1 aromatic rings. The first-order valence-electron chi connectivity index (χ1n) is 8.52. The highest BCUT2D eigenvalue weighted by Crippen LogP contribution is 2.39. The normalized spacial score (nSPS) is 19.4. The van der Waals surface area contributed by atoms with E-state index in [1.165, 1.54) is 61.6 Å². The van der Waals surface area contributed by atoms with Crippen molar-refractivity contribution in [3.8, 4) is 0 Å². The molecule has 0 bridgehead atoms. The van der Waals surface area contributed by atoms with Gasteiger partial charge in [0.1, 0.15) is 0 Å².